The lowest BCUT2D eigenvalue weighted by Gasteiger charge is -2.28. The van der Waals surface area contributed by atoms with Crippen LogP contribution in [0.4, 0.5) is 17.3 Å². The molecule has 2 N–H and O–H groups in total. The Labute approximate surface area is 120 Å². The number of rotatable bonds is 6. The molecule has 6 nitrogen and oxygen atoms in total. The molecule has 1 atom stereocenters. The minimum absolute atomic E-state index is 0.0437. The molecular weight excluding hydrogens is 256 g/mol. The summed E-state index contributed by atoms with van der Waals surface area (Å²) in [6.07, 6.45) is 0.936. The van der Waals surface area contributed by atoms with Crippen molar-refractivity contribution in [3.63, 3.8) is 0 Å². The third-order valence-electron chi connectivity index (χ3n) is 3.24. The van der Waals surface area contributed by atoms with Gasteiger partial charge in [-0.05, 0) is 18.8 Å². The van der Waals surface area contributed by atoms with Crippen LogP contribution >= 0.6 is 0 Å². The van der Waals surface area contributed by atoms with Gasteiger partial charge in [-0.3, -0.25) is 10.1 Å². The first-order chi connectivity index (χ1) is 9.24. The normalized spacial score (nSPS) is 12.8. The third-order valence-corrected chi connectivity index (χ3v) is 3.24. The average molecular weight is 280 g/mol. The number of nitrogens with one attached hydrogen (secondary N) is 2. The summed E-state index contributed by atoms with van der Waals surface area (Å²) in [5.41, 5.74) is 0.0887. The highest BCUT2D eigenvalue weighted by Gasteiger charge is 2.21. The Bertz CT molecular complexity index is 469. The molecule has 0 radical (unpaired) electrons. The first kappa shape index (κ1) is 16.2. The predicted molar refractivity (Wildman–Crippen MR) is 82.2 cm³/mol. The molecule has 1 aromatic rings. The second kappa shape index (κ2) is 6.54. The van der Waals surface area contributed by atoms with E-state index in [4.69, 9.17) is 0 Å². The monoisotopic (exact) mass is 280 g/mol. The zero-order valence-electron chi connectivity index (χ0n) is 12.9. The zero-order valence-corrected chi connectivity index (χ0v) is 12.9. The van der Waals surface area contributed by atoms with Crippen LogP contribution in [-0.2, 0) is 0 Å². The maximum Gasteiger partial charge on any atom is 0.276 e. The van der Waals surface area contributed by atoms with E-state index in [1.165, 1.54) is 12.1 Å². The Hall–Kier alpha value is -1.85. The van der Waals surface area contributed by atoms with Crippen LogP contribution in [0.5, 0.6) is 0 Å². The van der Waals surface area contributed by atoms with Crippen molar-refractivity contribution < 1.29 is 4.92 Å². The second-order valence-electron chi connectivity index (χ2n) is 6.01. The van der Waals surface area contributed by atoms with E-state index < -0.39 is 4.92 Å². The molecule has 0 amide bonds. The van der Waals surface area contributed by atoms with Crippen LogP contribution in [0.1, 0.15) is 41.0 Å². The van der Waals surface area contributed by atoms with Crippen LogP contribution < -0.4 is 10.6 Å². The quantitative estimate of drug-likeness (QED) is 0.614. The fourth-order valence-corrected chi connectivity index (χ4v) is 1.48. The summed E-state index contributed by atoms with van der Waals surface area (Å²) < 4.78 is 0. The highest BCUT2D eigenvalue weighted by atomic mass is 16.6. The SMILES string of the molecule is CCCNc1cc([N+](=O)[O-])cc(NC(C)C(C)(C)C)n1. The average Bonchev–Trinajstić information content (AvgIpc) is 2.34. The Morgan fingerprint density at radius 3 is 2.45 bits per heavy atom. The van der Waals surface area contributed by atoms with Gasteiger partial charge in [-0.2, -0.15) is 0 Å². The molecule has 1 rings (SSSR count). The minimum atomic E-state index is -0.397. The third kappa shape index (κ3) is 4.68. The van der Waals surface area contributed by atoms with Gasteiger partial charge in [-0.25, -0.2) is 4.98 Å². The largest absolute Gasteiger partial charge is 0.370 e. The van der Waals surface area contributed by atoms with Crippen molar-refractivity contribution in [3.8, 4) is 0 Å². The fraction of sp³-hybridized carbons (Fsp3) is 0.643. The molecule has 112 valence electrons. The second-order valence-corrected chi connectivity index (χ2v) is 6.01. The molecule has 0 aromatic carbocycles. The van der Waals surface area contributed by atoms with Gasteiger partial charge in [-0.15, -0.1) is 0 Å². The Kier molecular flexibility index (Phi) is 5.30. The van der Waals surface area contributed by atoms with Gasteiger partial charge in [0.1, 0.15) is 11.6 Å². The lowest BCUT2D eigenvalue weighted by atomic mass is 9.88. The summed E-state index contributed by atoms with van der Waals surface area (Å²) in [5.74, 6) is 1.06. The first-order valence-corrected chi connectivity index (χ1v) is 6.91. The maximum absolute atomic E-state index is 11.0. The maximum atomic E-state index is 11.0. The van der Waals surface area contributed by atoms with Gasteiger partial charge in [0.2, 0.25) is 0 Å². The number of pyridine rings is 1. The summed E-state index contributed by atoms with van der Waals surface area (Å²) in [6.45, 7) is 11.1. The van der Waals surface area contributed by atoms with Crippen molar-refractivity contribution in [2.24, 2.45) is 5.41 Å². The Balaban J connectivity index is 2.99. The van der Waals surface area contributed by atoms with Gasteiger partial charge >= 0.3 is 0 Å². The van der Waals surface area contributed by atoms with Gasteiger partial charge in [-0.1, -0.05) is 27.7 Å². The van der Waals surface area contributed by atoms with Crippen LogP contribution in [0, 0.1) is 15.5 Å². The molecule has 0 spiro atoms. The lowest BCUT2D eigenvalue weighted by Crippen LogP contribution is -2.31. The molecule has 6 heteroatoms. The number of aromatic nitrogens is 1. The molecule has 0 fully saturated rings. The molecule has 0 saturated heterocycles. The van der Waals surface area contributed by atoms with E-state index in [1.54, 1.807) is 0 Å². The fourth-order valence-electron chi connectivity index (χ4n) is 1.48. The van der Waals surface area contributed by atoms with Gasteiger partial charge in [0.05, 0.1) is 17.1 Å². The van der Waals surface area contributed by atoms with Crippen molar-refractivity contribution >= 4 is 17.3 Å². The summed E-state index contributed by atoms with van der Waals surface area (Å²) >= 11 is 0. The van der Waals surface area contributed by atoms with Crippen molar-refractivity contribution in [2.75, 3.05) is 17.2 Å². The van der Waals surface area contributed by atoms with Gasteiger partial charge in [0.25, 0.3) is 5.69 Å². The van der Waals surface area contributed by atoms with Crippen LogP contribution in [0.2, 0.25) is 0 Å². The molecule has 0 saturated carbocycles. The van der Waals surface area contributed by atoms with Gasteiger partial charge < -0.3 is 10.6 Å². The van der Waals surface area contributed by atoms with E-state index in [0.717, 1.165) is 13.0 Å². The summed E-state index contributed by atoms with van der Waals surface area (Å²) in [7, 11) is 0. The molecular formula is C14H24N4O2. The van der Waals surface area contributed by atoms with Crippen molar-refractivity contribution in [1.82, 2.24) is 4.98 Å². The topological polar surface area (TPSA) is 80.1 Å². The lowest BCUT2D eigenvalue weighted by molar-refractivity contribution is -0.384. The molecule has 0 bridgehead atoms. The van der Waals surface area contributed by atoms with E-state index in [0.29, 0.717) is 11.6 Å². The molecule has 0 aliphatic heterocycles. The molecule has 20 heavy (non-hydrogen) atoms. The summed E-state index contributed by atoms with van der Waals surface area (Å²) in [6, 6.07) is 3.08. The Morgan fingerprint density at radius 1 is 1.35 bits per heavy atom. The minimum Gasteiger partial charge on any atom is -0.370 e. The molecule has 1 aromatic heterocycles. The number of hydrogen-bond acceptors (Lipinski definition) is 5. The van der Waals surface area contributed by atoms with Crippen molar-refractivity contribution in [1.29, 1.82) is 0 Å². The summed E-state index contributed by atoms with van der Waals surface area (Å²) in [5, 5.41) is 17.3. The number of anilines is 2. The Morgan fingerprint density at radius 2 is 1.95 bits per heavy atom. The van der Waals surface area contributed by atoms with E-state index in [-0.39, 0.29) is 17.1 Å². The molecule has 1 unspecified atom stereocenters. The highest BCUT2D eigenvalue weighted by molar-refractivity contribution is 5.55. The molecule has 1 heterocycles. The number of nitro groups is 1. The molecule has 0 aliphatic carbocycles. The smallest absolute Gasteiger partial charge is 0.276 e. The van der Waals surface area contributed by atoms with Crippen molar-refractivity contribution in [2.45, 2.75) is 47.1 Å². The molecule has 0 aliphatic rings. The van der Waals surface area contributed by atoms with E-state index >= 15 is 0 Å². The number of nitrogens with zero attached hydrogens (tertiary/aromatic N) is 2. The van der Waals surface area contributed by atoms with E-state index in [1.807, 2.05) is 13.8 Å². The summed E-state index contributed by atoms with van der Waals surface area (Å²) in [4.78, 5) is 15.0. The standard InChI is InChI=1S/C14H24N4O2/c1-6-7-15-12-8-11(18(19)20)9-13(17-12)16-10(2)14(3,4)5/h8-10H,6-7H2,1-5H3,(H2,15,16,17). The number of hydrogen-bond donors (Lipinski definition) is 2. The predicted octanol–water partition coefficient (Wildman–Crippen LogP) is 3.66. The van der Waals surface area contributed by atoms with Gasteiger partial charge in [0, 0.05) is 12.6 Å². The van der Waals surface area contributed by atoms with Crippen LogP contribution in [0.3, 0.4) is 0 Å². The van der Waals surface area contributed by atoms with Gasteiger partial charge in [0.15, 0.2) is 0 Å². The van der Waals surface area contributed by atoms with E-state index in [2.05, 4.69) is 36.4 Å². The highest BCUT2D eigenvalue weighted by Crippen LogP contribution is 2.25. The van der Waals surface area contributed by atoms with Crippen LogP contribution in [0.25, 0.3) is 0 Å². The van der Waals surface area contributed by atoms with Crippen LogP contribution in [0.15, 0.2) is 12.1 Å². The van der Waals surface area contributed by atoms with E-state index in [9.17, 15) is 10.1 Å². The van der Waals surface area contributed by atoms with Crippen LogP contribution in [-0.4, -0.2) is 22.5 Å². The van der Waals surface area contributed by atoms with Crippen molar-refractivity contribution in [3.05, 3.63) is 22.2 Å². The zero-order chi connectivity index (χ0) is 15.3. The first-order valence-electron chi connectivity index (χ1n) is 6.91.